The molecule has 0 bridgehead atoms. The molecular weight excluding hydrogens is 256 g/mol. The molecule has 0 aromatic heterocycles. The van der Waals surface area contributed by atoms with Gasteiger partial charge in [0.25, 0.3) is 0 Å². The first-order valence-corrected chi connectivity index (χ1v) is 7.07. The monoisotopic (exact) mass is 280 g/mol. The number of carbonyl (C=O) groups is 1. The van der Waals surface area contributed by atoms with E-state index in [4.69, 9.17) is 15.2 Å². The molecule has 112 valence electrons. The quantitative estimate of drug-likeness (QED) is 0.413. The van der Waals surface area contributed by atoms with Gasteiger partial charge in [-0.05, 0) is 25.5 Å². The minimum Gasteiger partial charge on any atom is -0.462 e. The second-order valence-electron chi connectivity index (χ2n) is 4.38. The average Bonchev–Trinajstić information content (AvgIpc) is 2.44. The highest BCUT2D eigenvalue weighted by Gasteiger charge is 2.14. The van der Waals surface area contributed by atoms with Gasteiger partial charge in [-0.2, -0.15) is 0 Å². The van der Waals surface area contributed by atoms with Crippen molar-refractivity contribution in [2.45, 2.75) is 26.7 Å². The third kappa shape index (κ3) is 5.09. The summed E-state index contributed by atoms with van der Waals surface area (Å²) in [4.78, 5) is 11.8. The van der Waals surface area contributed by atoms with E-state index in [1.165, 1.54) is 0 Å². The van der Waals surface area contributed by atoms with Crippen molar-refractivity contribution in [3.05, 3.63) is 23.8 Å². The molecular formula is C15H24N2O3. The van der Waals surface area contributed by atoms with Crippen molar-refractivity contribution >= 4 is 17.3 Å². The van der Waals surface area contributed by atoms with Crippen LogP contribution in [0.3, 0.4) is 0 Å². The summed E-state index contributed by atoms with van der Waals surface area (Å²) in [5, 5.41) is 3.15. The van der Waals surface area contributed by atoms with Crippen molar-refractivity contribution in [1.29, 1.82) is 0 Å². The third-order valence-corrected chi connectivity index (χ3v) is 2.78. The van der Waals surface area contributed by atoms with Gasteiger partial charge in [-0.3, -0.25) is 0 Å². The molecule has 0 fully saturated rings. The summed E-state index contributed by atoms with van der Waals surface area (Å²) in [6.07, 6.45) is 2.17. The van der Waals surface area contributed by atoms with E-state index in [2.05, 4.69) is 12.2 Å². The summed E-state index contributed by atoms with van der Waals surface area (Å²) in [6.45, 7) is 6.18. The Labute approximate surface area is 120 Å². The molecule has 0 saturated carbocycles. The van der Waals surface area contributed by atoms with Gasteiger partial charge in [0.15, 0.2) is 0 Å². The lowest BCUT2D eigenvalue weighted by Crippen LogP contribution is -2.15. The second kappa shape index (κ2) is 9.20. The predicted molar refractivity (Wildman–Crippen MR) is 81.0 cm³/mol. The number of hydrogen-bond donors (Lipinski definition) is 2. The first-order chi connectivity index (χ1) is 9.70. The Morgan fingerprint density at radius 3 is 2.80 bits per heavy atom. The minimum atomic E-state index is -0.366. The van der Waals surface area contributed by atoms with Crippen LogP contribution in [0.4, 0.5) is 11.4 Å². The van der Waals surface area contributed by atoms with E-state index < -0.39 is 0 Å². The number of esters is 1. The van der Waals surface area contributed by atoms with Crippen LogP contribution >= 0.6 is 0 Å². The summed E-state index contributed by atoms with van der Waals surface area (Å²) >= 11 is 0. The number of unbranched alkanes of at least 4 members (excludes halogenated alkanes) is 1. The molecule has 1 aromatic rings. The molecule has 0 aliphatic rings. The summed E-state index contributed by atoms with van der Waals surface area (Å²) in [7, 11) is 0. The Bertz CT molecular complexity index is 422. The fraction of sp³-hybridized carbons (Fsp3) is 0.533. The topological polar surface area (TPSA) is 73.6 Å². The molecule has 20 heavy (non-hydrogen) atoms. The van der Waals surface area contributed by atoms with Crippen LogP contribution in [0.1, 0.15) is 37.0 Å². The second-order valence-corrected chi connectivity index (χ2v) is 4.38. The van der Waals surface area contributed by atoms with Crippen LogP contribution in [-0.2, 0) is 9.47 Å². The molecule has 0 radical (unpaired) electrons. The van der Waals surface area contributed by atoms with Gasteiger partial charge in [-0.1, -0.05) is 19.4 Å². The van der Waals surface area contributed by atoms with Crippen molar-refractivity contribution in [2.24, 2.45) is 0 Å². The molecule has 0 aliphatic carbocycles. The van der Waals surface area contributed by atoms with E-state index in [0.29, 0.717) is 36.7 Å². The van der Waals surface area contributed by atoms with Crippen molar-refractivity contribution in [3.63, 3.8) is 0 Å². The lowest BCUT2D eigenvalue weighted by molar-refractivity contribution is 0.0527. The van der Waals surface area contributed by atoms with E-state index in [9.17, 15) is 4.79 Å². The highest BCUT2D eigenvalue weighted by Crippen LogP contribution is 2.24. The van der Waals surface area contributed by atoms with E-state index in [1.54, 1.807) is 25.1 Å². The highest BCUT2D eigenvalue weighted by atomic mass is 16.5. The van der Waals surface area contributed by atoms with Gasteiger partial charge in [0.2, 0.25) is 0 Å². The zero-order chi connectivity index (χ0) is 14.8. The van der Waals surface area contributed by atoms with Gasteiger partial charge in [0.1, 0.15) is 0 Å². The summed E-state index contributed by atoms with van der Waals surface area (Å²) in [5.74, 6) is -0.366. The SMILES string of the molecule is CCCCOCCNc1c(N)cccc1C(=O)OCC. The van der Waals surface area contributed by atoms with E-state index >= 15 is 0 Å². The molecule has 5 heteroatoms. The van der Waals surface area contributed by atoms with Gasteiger partial charge >= 0.3 is 5.97 Å². The predicted octanol–water partition coefficient (Wildman–Crippen LogP) is 2.67. The van der Waals surface area contributed by atoms with Crippen molar-refractivity contribution < 1.29 is 14.3 Å². The Morgan fingerprint density at radius 1 is 1.30 bits per heavy atom. The molecule has 0 spiro atoms. The maximum atomic E-state index is 11.8. The number of benzene rings is 1. The Morgan fingerprint density at radius 2 is 2.10 bits per heavy atom. The zero-order valence-corrected chi connectivity index (χ0v) is 12.3. The molecule has 0 aliphatic heterocycles. The standard InChI is InChI=1S/C15H24N2O3/c1-3-5-10-19-11-9-17-14-12(15(18)20-4-2)7-6-8-13(14)16/h6-8,17H,3-5,9-11,16H2,1-2H3. The van der Waals surface area contributed by atoms with Gasteiger partial charge in [-0.25, -0.2) is 4.79 Å². The molecule has 0 saturated heterocycles. The molecule has 0 amide bonds. The molecule has 1 rings (SSSR count). The number of rotatable bonds is 9. The molecule has 0 heterocycles. The summed E-state index contributed by atoms with van der Waals surface area (Å²) < 4.78 is 10.5. The lowest BCUT2D eigenvalue weighted by atomic mass is 10.1. The maximum absolute atomic E-state index is 11.8. The Kier molecular flexibility index (Phi) is 7.50. The van der Waals surface area contributed by atoms with Gasteiger partial charge in [0, 0.05) is 13.2 Å². The van der Waals surface area contributed by atoms with Crippen molar-refractivity contribution in [1.82, 2.24) is 0 Å². The number of nitrogens with two attached hydrogens (primary N) is 1. The largest absolute Gasteiger partial charge is 0.462 e. The third-order valence-electron chi connectivity index (χ3n) is 2.78. The van der Waals surface area contributed by atoms with Gasteiger partial charge in [-0.15, -0.1) is 0 Å². The number of ether oxygens (including phenoxy) is 2. The summed E-state index contributed by atoms with van der Waals surface area (Å²) in [6, 6.07) is 5.20. The van der Waals surface area contributed by atoms with E-state index in [-0.39, 0.29) is 5.97 Å². The van der Waals surface area contributed by atoms with Gasteiger partial charge < -0.3 is 20.5 Å². The lowest BCUT2D eigenvalue weighted by Gasteiger charge is -2.13. The van der Waals surface area contributed by atoms with Crippen LogP contribution < -0.4 is 11.1 Å². The molecule has 3 N–H and O–H groups in total. The fourth-order valence-electron chi connectivity index (χ4n) is 1.74. The Hall–Kier alpha value is -1.75. The maximum Gasteiger partial charge on any atom is 0.340 e. The number of nitrogen functional groups attached to an aromatic ring is 1. The molecule has 1 aromatic carbocycles. The van der Waals surface area contributed by atoms with Crippen LogP contribution in [0.5, 0.6) is 0 Å². The summed E-state index contributed by atoms with van der Waals surface area (Å²) in [5.41, 5.74) is 7.51. The minimum absolute atomic E-state index is 0.340. The first-order valence-electron chi connectivity index (χ1n) is 7.07. The number of carbonyl (C=O) groups excluding carboxylic acids is 1. The number of nitrogens with one attached hydrogen (secondary N) is 1. The van der Waals surface area contributed by atoms with E-state index in [0.717, 1.165) is 19.4 Å². The highest BCUT2D eigenvalue weighted by molar-refractivity contribution is 5.98. The molecule has 0 atom stereocenters. The Balaban J connectivity index is 2.57. The number of para-hydroxylation sites is 1. The van der Waals surface area contributed by atoms with Crippen LogP contribution in [-0.4, -0.2) is 32.3 Å². The van der Waals surface area contributed by atoms with Crippen LogP contribution in [0.2, 0.25) is 0 Å². The first kappa shape index (κ1) is 16.3. The molecule has 0 unspecified atom stereocenters. The smallest absolute Gasteiger partial charge is 0.340 e. The van der Waals surface area contributed by atoms with Crippen LogP contribution in [0, 0.1) is 0 Å². The zero-order valence-electron chi connectivity index (χ0n) is 12.3. The fourth-order valence-corrected chi connectivity index (χ4v) is 1.74. The van der Waals surface area contributed by atoms with E-state index in [1.807, 2.05) is 0 Å². The normalized spacial score (nSPS) is 10.3. The number of anilines is 2. The van der Waals surface area contributed by atoms with Crippen molar-refractivity contribution in [2.75, 3.05) is 37.4 Å². The average molecular weight is 280 g/mol. The molecule has 5 nitrogen and oxygen atoms in total. The number of hydrogen-bond acceptors (Lipinski definition) is 5. The van der Waals surface area contributed by atoms with Crippen molar-refractivity contribution in [3.8, 4) is 0 Å². The van der Waals surface area contributed by atoms with Crippen LogP contribution in [0.25, 0.3) is 0 Å². The van der Waals surface area contributed by atoms with Gasteiger partial charge in [0.05, 0.1) is 30.2 Å². The van der Waals surface area contributed by atoms with Crippen LogP contribution in [0.15, 0.2) is 18.2 Å².